The molecule has 0 amide bonds. The van der Waals surface area contributed by atoms with E-state index in [1.165, 1.54) is 0 Å². The first-order valence-corrected chi connectivity index (χ1v) is 2.70. The molecule has 0 bridgehead atoms. The lowest BCUT2D eigenvalue weighted by Gasteiger charge is -1.82. The topological polar surface area (TPSA) is 0 Å². The minimum Gasteiger partial charge on any atom is -0.122 e. The summed E-state index contributed by atoms with van der Waals surface area (Å²) in [5.41, 5.74) is 1.13. The highest BCUT2D eigenvalue weighted by atomic mass is 35.5. The largest absolute Gasteiger partial charge is 0.122 e. The van der Waals surface area contributed by atoms with Gasteiger partial charge in [-0.05, 0) is 6.92 Å². The van der Waals surface area contributed by atoms with Gasteiger partial charge in [0.15, 0.2) is 0 Å². The standard InChI is InChI=1S/C6H9Cl/c1-3-6(2)4-5-7/h3-4H,1,5H2,2H3/b6-4+. The summed E-state index contributed by atoms with van der Waals surface area (Å²) in [5.74, 6) is 0.581. The molecule has 0 atom stereocenters. The maximum atomic E-state index is 5.35. The smallest absolute Gasteiger partial charge is 0.0409 e. The molecule has 0 fully saturated rings. The molecular weight excluding hydrogens is 108 g/mol. The fourth-order valence-corrected chi connectivity index (χ4v) is 0.448. The zero-order chi connectivity index (χ0) is 5.70. The lowest BCUT2D eigenvalue weighted by Crippen LogP contribution is -1.65. The van der Waals surface area contributed by atoms with Gasteiger partial charge in [0.05, 0.1) is 0 Å². The van der Waals surface area contributed by atoms with Gasteiger partial charge in [-0.1, -0.05) is 24.3 Å². The van der Waals surface area contributed by atoms with Gasteiger partial charge in [0.1, 0.15) is 0 Å². The Balaban J connectivity index is 3.49. The van der Waals surface area contributed by atoms with Gasteiger partial charge in [0.2, 0.25) is 0 Å². The van der Waals surface area contributed by atoms with E-state index in [4.69, 9.17) is 11.6 Å². The predicted molar refractivity (Wildman–Crippen MR) is 34.7 cm³/mol. The summed E-state index contributed by atoms with van der Waals surface area (Å²) in [6, 6.07) is 0. The maximum Gasteiger partial charge on any atom is 0.0409 e. The molecule has 0 saturated heterocycles. The number of allylic oxidation sites excluding steroid dienone is 3. The summed E-state index contributed by atoms with van der Waals surface area (Å²) in [5, 5.41) is 0. The molecule has 0 saturated carbocycles. The lowest BCUT2D eigenvalue weighted by molar-refractivity contribution is 1.49. The van der Waals surface area contributed by atoms with E-state index < -0.39 is 0 Å². The molecule has 7 heavy (non-hydrogen) atoms. The molecule has 40 valence electrons. The van der Waals surface area contributed by atoms with Gasteiger partial charge in [-0.2, -0.15) is 0 Å². The van der Waals surface area contributed by atoms with Crippen LogP contribution in [-0.4, -0.2) is 5.88 Å². The van der Waals surface area contributed by atoms with E-state index in [0.29, 0.717) is 5.88 Å². The first-order chi connectivity index (χ1) is 3.31. The fraction of sp³-hybridized carbons (Fsp3) is 0.333. The number of hydrogen-bond acceptors (Lipinski definition) is 0. The molecule has 0 aliphatic carbocycles. The molecule has 0 unspecified atom stereocenters. The van der Waals surface area contributed by atoms with Crippen molar-refractivity contribution >= 4 is 11.6 Å². The van der Waals surface area contributed by atoms with Gasteiger partial charge in [0.25, 0.3) is 0 Å². The van der Waals surface area contributed by atoms with Gasteiger partial charge in [0, 0.05) is 5.88 Å². The fourth-order valence-electron chi connectivity index (χ4n) is 0.205. The van der Waals surface area contributed by atoms with Crippen LogP contribution in [0, 0.1) is 0 Å². The van der Waals surface area contributed by atoms with Crippen molar-refractivity contribution in [2.45, 2.75) is 6.92 Å². The van der Waals surface area contributed by atoms with E-state index >= 15 is 0 Å². The molecule has 0 heterocycles. The summed E-state index contributed by atoms with van der Waals surface area (Å²) in [6.07, 6.45) is 3.69. The predicted octanol–water partition coefficient (Wildman–Crippen LogP) is 2.36. The number of rotatable bonds is 2. The van der Waals surface area contributed by atoms with Crippen LogP contribution in [0.2, 0.25) is 0 Å². The number of hydrogen-bond donors (Lipinski definition) is 0. The third-order valence-corrected chi connectivity index (χ3v) is 0.875. The first kappa shape index (κ1) is 6.77. The van der Waals surface area contributed by atoms with E-state index in [9.17, 15) is 0 Å². The maximum absolute atomic E-state index is 5.35. The van der Waals surface area contributed by atoms with Crippen LogP contribution < -0.4 is 0 Å². The number of halogens is 1. The first-order valence-electron chi connectivity index (χ1n) is 2.16. The minimum absolute atomic E-state index is 0.581. The summed E-state index contributed by atoms with van der Waals surface area (Å²) >= 11 is 5.35. The van der Waals surface area contributed by atoms with Gasteiger partial charge >= 0.3 is 0 Å². The van der Waals surface area contributed by atoms with Crippen LogP contribution in [0.3, 0.4) is 0 Å². The third-order valence-electron chi connectivity index (χ3n) is 0.721. The van der Waals surface area contributed by atoms with E-state index in [0.717, 1.165) is 5.57 Å². The van der Waals surface area contributed by atoms with Crippen LogP contribution in [-0.2, 0) is 0 Å². The van der Waals surface area contributed by atoms with E-state index in [1.54, 1.807) is 6.08 Å². The van der Waals surface area contributed by atoms with Crippen LogP contribution in [0.5, 0.6) is 0 Å². The Kier molecular flexibility index (Phi) is 3.81. The molecular formula is C6H9Cl. The molecule has 0 aromatic carbocycles. The van der Waals surface area contributed by atoms with E-state index in [-0.39, 0.29) is 0 Å². The van der Waals surface area contributed by atoms with Crippen molar-refractivity contribution in [2.75, 3.05) is 5.88 Å². The Bertz CT molecular complexity index is 82.2. The molecule has 1 heteroatoms. The van der Waals surface area contributed by atoms with Gasteiger partial charge in [-0.3, -0.25) is 0 Å². The van der Waals surface area contributed by atoms with Crippen LogP contribution in [0.1, 0.15) is 6.92 Å². The quantitative estimate of drug-likeness (QED) is 0.384. The SMILES string of the molecule is C=C/C(C)=C/CCl. The third kappa shape index (κ3) is 3.60. The van der Waals surface area contributed by atoms with Crippen LogP contribution in [0.25, 0.3) is 0 Å². The Morgan fingerprint density at radius 2 is 2.43 bits per heavy atom. The summed E-state index contributed by atoms with van der Waals surface area (Å²) < 4.78 is 0. The van der Waals surface area contributed by atoms with E-state index in [2.05, 4.69) is 6.58 Å². The second-order valence-corrected chi connectivity index (χ2v) is 1.62. The highest BCUT2D eigenvalue weighted by molar-refractivity contribution is 6.18. The van der Waals surface area contributed by atoms with E-state index in [1.807, 2.05) is 13.0 Å². The van der Waals surface area contributed by atoms with Crippen molar-refractivity contribution < 1.29 is 0 Å². The van der Waals surface area contributed by atoms with Crippen LogP contribution >= 0.6 is 11.6 Å². The Hall–Kier alpha value is -0.230. The molecule has 0 rings (SSSR count). The molecule has 0 spiro atoms. The lowest BCUT2D eigenvalue weighted by atomic mass is 10.3. The molecule has 0 radical (unpaired) electrons. The van der Waals surface area contributed by atoms with Gasteiger partial charge in [-0.25, -0.2) is 0 Å². The molecule has 0 aliphatic rings. The monoisotopic (exact) mass is 116 g/mol. The van der Waals surface area contributed by atoms with Crippen molar-refractivity contribution in [3.8, 4) is 0 Å². The molecule has 0 aromatic rings. The molecule has 0 N–H and O–H groups in total. The van der Waals surface area contributed by atoms with Crippen molar-refractivity contribution in [3.05, 3.63) is 24.3 Å². The van der Waals surface area contributed by atoms with Gasteiger partial charge in [-0.15, -0.1) is 11.6 Å². The second-order valence-electron chi connectivity index (χ2n) is 1.31. The zero-order valence-corrected chi connectivity index (χ0v) is 5.20. The Labute approximate surface area is 49.5 Å². The zero-order valence-electron chi connectivity index (χ0n) is 4.45. The molecule has 0 aromatic heterocycles. The van der Waals surface area contributed by atoms with Crippen molar-refractivity contribution in [2.24, 2.45) is 0 Å². The van der Waals surface area contributed by atoms with Crippen molar-refractivity contribution in [3.63, 3.8) is 0 Å². The average Bonchev–Trinajstić information content (AvgIpc) is 1.68. The summed E-state index contributed by atoms with van der Waals surface area (Å²) in [6.45, 7) is 5.52. The van der Waals surface area contributed by atoms with Crippen LogP contribution in [0.4, 0.5) is 0 Å². The van der Waals surface area contributed by atoms with Crippen LogP contribution in [0.15, 0.2) is 24.3 Å². The normalized spacial score (nSPS) is 11.4. The Morgan fingerprint density at radius 3 is 2.57 bits per heavy atom. The summed E-state index contributed by atoms with van der Waals surface area (Å²) in [7, 11) is 0. The second kappa shape index (κ2) is 3.94. The number of alkyl halides is 1. The molecule has 0 aliphatic heterocycles. The van der Waals surface area contributed by atoms with Crippen molar-refractivity contribution in [1.82, 2.24) is 0 Å². The highest BCUT2D eigenvalue weighted by Gasteiger charge is 1.73. The minimum atomic E-state index is 0.581. The molecule has 0 nitrogen and oxygen atoms in total. The van der Waals surface area contributed by atoms with Gasteiger partial charge < -0.3 is 0 Å². The summed E-state index contributed by atoms with van der Waals surface area (Å²) in [4.78, 5) is 0. The Morgan fingerprint density at radius 1 is 1.86 bits per heavy atom. The average molecular weight is 117 g/mol. The van der Waals surface area contributed by atoms with Crippen molar-refractivity contribution in [1.29, 1.82) is 0 Å². The highest BCUT2D eigenvalue weighted by Crippen LogP contribution is 1.91.